The Morgan fingerprint density at radius 2 is 1.81 bits per heavy atom. The van der Waals surface area contributed by atoms with E-state index in [4.69, 9.17) is 5.11 Å². The van der Waals surface area contributed by atoms with Gasteiger partial charge in [0.05, 0.1) is 8.07 Å². The standard InChI is InChI=1S/C14H22OSi/c1-16(2,3)14(11-7-8-12-15)13-9-5-4-6-10-13/h4-7,9-11,14-15H,8,12H2,1-3H3/b11-7+. The largest absolute Gasteiger partial charge is 0.396 e. The summed E-state index contributed by atoms with van der Waals surface area (Å²) in [5, 5.41) is 8.81. The Morgan fingerprint density at radius 3 is 2.31 bits per heavy atom. The maximum Gasteiger partial charge on any atom is 0.0565 e. The molecule has 1 aromatic rings. The van der Waals surface area contributed by atoms with Gasteiger partial charge in [-0.25, -0.2) is 0 Å². The van der Waals surface area contributed by atoms with E-state index >= 15 is 0 Å². The number of rotatable bonds is 5. The van der Waals surface area contributed by atoms with Gasteiger partial charge in [0.2, 0.25) is 0 Å². The second-order valence-corrected chi connectivity index (χ2v) is 10.5. The first-order valence-electron chi connectivity index (χ1n) is 5.88. The lowest BCUT2D eigenvalue weighted by atomic mass is 10.1. The van der Waals surface area contributed by atoms with Crippen molar-refractivity contribution in [3.05, 3.63) is 48.0 Å². The minimum Gasteiger partial charge on any atom is -0.396 e. The van der Waals surface area contributed by atoms with Gasteiger partial charge in [-0.2, -0.15) is 0 Å². The van der Waals surface area contributed by atoms with Crippen LogP contribution in [0.3, 0.4) is 0 Å². The molecule has 0 saturated heterocycles. The maximum absolute atomic E-state index is 8.81. The summed E-state index contributed by atoms with van der Waals surface area (Å²) in [6, 6.07) is 10.7. The molecule has 1 rings (SSSR count). The van der Waals surface area contributed by atoms with Crippen molar-refractivity contribution in [3.63, 3.8) is 0 Å². The Labute approximate surface area is 99.8 Å². The van der Waals surface area contributed by atoms with E-state index in [0.717, 1.165) is 6.42 Å². The molecule has 0 aromatic heterocycles. The molecule has 0 saturated carbocycles. The fourth-order valence-electron chi connectivity index (χ4n) is 1.87. The molecule has 16 heavy (non-hydrogen) atoms. The second kappa shape index (κ2) is 6.02. The van der Waals surface area contributed by atoms with E-state index in [1.165, 1.54) is 5.56 Å². The van der Waals surface area contributed by atoms with Crippen LogP contribution in [-0.2, 0) is 0 Å². The highest BCUT2D eigenvalue weighted by molar-refractivity contribution is 6.78. The molecule has 1 atom stereocenters. The highest BCUT2D eigenvalue weighted by Gasteiger charge is 2.25. The van der Waals surface area contributed by atoms with E-state index in [9.17, 15) is 0 Å². The normalized spacial score (nSPS) is 14.2. The fourth-order valence-corrected chi connectivity index (χ4v) is 3.77. The van der Waals surface area contributed by atoms with Crippen LogP contribution in [0.1, 0.15) is 17.5 Å². The number of aliphatic hydroxyl groups excluding tert-OH is 1. The summed E-state index contributed by atoms with van der Waals surface area (Å²) < 4.78 is 0. The molecule has 0 radical (unpaired) electrons. The molecule has 0 bridgehead atoms. The lowest BCUT2D eigenvalue weighted by Gasteiger charge is -2.26. The van der Waals surface area contributed by atoms with Crippen LogP contribution in [0.15, 0.2) is 42.5 Å². The molecule has 0 aliphatic heterocycles. The van der Waals surface area contributed by atoms with Gasteiger partial charge in [-0.15, -0.1) is 0 Å². The quantitative estimate of drug-likeness (QED) is 0.610. The summed E-state index contributed by atoms with van der Waals surface area (Å²) >= 11 is 0. The third kappa shape index (κ3) is 3.95. The molecule has 0 spiro atoms. The summed E-state index contributed by atoms with van der Waals surface area (Å²) in [6.45, 7) is 7.39. The second-order valence-electron chi connectivity index (χ2n) is 5.19. The molecule has 0 aliphatic rings. The molecule has 88 valence electrons. The average molecular weight is 234 g/mol. The monoisotopic (exact) mass is 234 g/mol. The number of hydrogen-bond acceptors (Lipinski definition) is 1. The Morgan fingerprint density at radius 1 is 1.19 bits per heavy atom. The highest BCUT2D eigenvalue weighted by Crippen LogP contribution is 2.28. The van der Waals surface area contributed by atoms with E-state index in [1.54, 1.807) is 0 Å². The lowest BCUT2D eigenvalue weighted by molar-refractivity contribution is 0.302. The molecule has 0 aliphatic carbocycles. The van der Waals surface area contributed by atoms with Gasteiger partial charge in [-0.3, -0.25) is 0 Å². The molecule has 2 heteroatoms. The van der Waals surface area contributed by atoms with Gasteiger partial charge < -0.3 is 5.11 Å². The number of allylic oxidation sites excluding steroid dienone is 1. The zero-order valence-corrected chi connectivity index (χ0v) is 11.5. The first-order valence-corrected chi connectivity index (χ1v) is 9.46. The Kier molecular flexibility index (Phi) is 4.96. The van der Waals surface area contributed by atoms with Crippen molar-refractivity contribution < 1.29 is 5.11 Å². The van der Waals surface area contributed by atoms with Gasteiger partial charge in [0.1, 0.15) is 0 Å². The summed E-state index contributed by atoms with van der Waals surface area (Å²) in [7, 11) is -1.25. The first kappa shape index (κ1) is 13.2. The van der Waals surface area contributed by atoms with Crippen LogP contribution in [0.5, 0.6) is 0 Å². The van der Waals surface area contributed by atoms with Crippen LogP contribution in [0, 0.1) is 0 Å². The highest BCUT2D eigenvalue weighted by atomic mass is 28.3. The van der Waals surface area contributed by atoms with Crippen molar-refractivity contribution in [1.82, 2.24) is 0 Å². The fraction of sp³-hybridized carbons (Fsp3) is 0.429. The van der Waals surface area contributed by atoms with E-state index in [-0.39, 0.29) is 6.61 Å². The van der Waals surface area contributed by atoms with Gasteiger partial charge in [0, 0.05) is 6.61 Å². The topological polar surface area (TPSA) is 20.2 Å². The Balaban J connectivity index is 2.89. The lowest BCUT2D eigenvalue weighted by Crippen LogP contribution is -2.29. The summed E-state index contributed by atoms with van der Waals surface area (Å²) in [5.74, 6) is 0. The Bertz CT molecular complexity index is 324. The first-order chi connectivity index (χ1) is 7.55. The van der Waals surface area contributed by atoms with Crippen LogP contribution >= 0.6 is 0 Å². The van der Waals surface area contributed by atoms with Gasteiger partial charge in [-0.05, 0) is 17.5 Å². The van der Waals surface area contributed by atoms with Crippen molar-refractivity contribution in [2.75, 3.05) is 6.61 Å². The predicted molar refractivity (Wildman–Crippen MR) is 73.4 cm³/mol. The van der Waals surface area contributed by atoms with E-state index in [2.05, 4.69) is 62.1 Å². The molecule has 0 heterocycles. The number of aliphatic hydroxyl groups is 1. The summed E-state index contributed by atoms with van der Waals surface area (Å²) in [6.07, 6.45) is 5.14. The van der Waals surface area contributed by atoms with Gasteiger partial charge in [0.25, 0.3) is 0 Å². The molecule has 1 unspecified atom stereocenters. The van der Waals surface area contributed by atoms with Crippen molar-refractivity contribution >= 4 is 8.07 Å². The third-order valence-electron chi connectivity index (χ3n) is 2.72. The molecular formula is C14H22OSi. The minimum absolute atomic E-state index is 0.240. The number of benzene rings is 1. The molecular weight excluding hydrogens is 212 g/mol. The van der Waals surface area contributed by atoms with E-state index in [1.807, 2.05) is 0 Å². The van der Waals surface area contributed by atoms with Crippen molar-refractivity contribution in [3.8, 4) is 0 Å². The number of hydrogen-bond donors (Lipinski definition) is 1. The van der Waals surface area contributed by atoms with E-state index < -0.39 is 8.07 Å². The summed E-state index contributed by atoms with van der Waals surface area (Å²) in [4.78, 5) is 0. The van der Waals surface area contributed by atoms with Gasteiger partial charge in [0.15, 0.2) is 0 Å². The van der Waals surface area contributed by atoms with Crippen LogP contribution < -0.4 is 0 Å². The zero-order valence-electron chi connectivity index (χ0n) is 10.5. The smallest absolute Gasteiger partial charge is 0.0565 e. The molecule has 1 aromatic carbocycles. The van der Waals surface area contributed by atoms with Crippen LogP contribution in [0.2, 0.25) is 19.6 Å². The van der Waals surface area contributed by atoms with Gasteiger partial charge in [-0.1, -0.05) is 62.1 Å². The van der Waals surface area contributed by atoms with Crippen LogP contribution in [0.25, 0.3) is 0 Å². The van der Waals surface area contributed by atoms with Crippen molar-refractivity contribution in [1.29, 1.82) is 0 Å². The Hall–Kier alpha value is -0.863. The maximum atomic E-state index is 8.81. The SMILES string of the molecule is C[Si](C)(C)C(/C=C/CCO)c1ccccc1. The summed E-state index contributed by atoms with van der Waals surface area (Å²) in [5.41, 5.74) is 1.94. The molecule has 1 nitrogen and oxygen atoms in total. The minimum atomic E-state index is -1.25. The average Bonchev–Trinajstić information content (AvgIpc) is 2.24. The van der Waals surface area contributed by atoms with Crippen LogP contribution in [-0.4, -0.2) is 19.8 Å². The zero-order chi connectivity index (χ0) is 12.0. The predicted octanol–water partition coefficient (Wildman–Crippen LogP) is 3.59. The van der Waals surface area contributed by atoms with Crippen molar-refractivity contribution in [2.24, 2.45) is 0 Å². The third-order valence-corrected chi connectivity index (χ3v) is 5.11. The van der Waals surface area contributed by atoms with Gasteiger partial charge >= 0.3 is 0 Å². The van der Waals surface area contributed by atoms with Crippen LogP contribution in [0.4, 0.5) is 0 Å². The van der Waals surface area contributed by atoms with Crippen molar-refractivity contribution in [2.45, 2.75) is 31.6 Å². The molecule has 0 fully saturated rings. The molecule has 0 amide bonds. The van der Waals surface area contributed by atoms with E-state index in [0.29, 0.717) is 5.54 Å². The molecule has 1 N–H and O–H groups in total.